The van der Waals surface area contributed by atoms with Crippen molar-refractivity contribution >= 4 is 10.8 Å². The predicted molar refractivity (Wildman–Crippen MR) is 84.4 cm³/mol. The largest absolute Gasteiger partial charge is 0.508 e. The van der Waals surface area contributed by atoms with E-state index in [4.69, 9.17) is 0 Å². The fraction of sp³-hybridized carbons (Fsp3) is 0. The smallest absolute Gasteiger partial charge is 0.346 e. The van der Waals surface area contributed by atoms with Crippen LogP contribution in [0.15, 0.2) is 59.7 Å². The van der Waals surface area contributed by atoms with E-state index < -0.39 is 5.69 Å². The molecule has 0 fully saturated rings. The first-order valence-corrected chi connectivity index (χ1v) is 6.91. The highest BCUT2D eigenvalue weighted by atomic mass is 16.3. The van der Waals surface area contributed by atoms with Gasteiger partial charge >= 0.3 is 5.69 Å². The lowest BCUT2D eigenvalue weighted by atomic mass is 10.1. The zero-order valence-corrected chi connectivity index (χ0v) is 11.8. The summed E-state index contributed by atoms with van der Waals surface area (Å²) in [4.78, 5) is 17.6. The molecule has 0 spiro atoms. The molecule has 0 aliphatic heterocycles. The third kappa shape index (κ3) is 2.44. The van der Waals surface area contributed by atoms with Gasteiger partial charge in [-0.2, -0.15) is 4.98 Å². The summed E-state index contributed by atoms with van der Waals surface area (Å²) in [7, 11) is 0. The first-order valence-electron chi connectivity index (χ1n) is 6.91. The maximum Gasteiger partial charge on any atom is 0.346 e. The number of hydrogen-bond acceptors (Lipinski definition) is 5. The van der Waals surface area contributed by atoms with E-state index in [2.05, 4.69) is 20.3 Å². The highest BCUT2D eigenvalue weighted by Gasteiger charge is 2.07. The molecule has 0 amide bonds. The molecule has 0 saturated carbocycles. The Morgan fingerprint density at radius 2 is 1.87 bits per heavy atom. The van der Waals surface area contributed by atoms with E-state index in [0.717, 1.165) is 16.3 Å². The quantitative estimate of drug-likeness (QED) is 0.589. The molecule has 7 heteroatoms. The molecule has 2 N–H and O–H groups in total. The van der Waals surface area contributed by atoms with Crippen LogP contribution in [0.4, 0.5) is 0 Å². The number of aromatic hydroxyl groups is 1. The summed E-state index contributed by atoms with van der Waals surface area (Å²) in [6, 6.07) is 12.6. The topological polar surface area (TPSA) is 96.7 Å². The Morgan fingerprint density at radius 1 is 1.04 bits per heavy atom. The lowest BCUT2D eigenvalue weighted by molar-refractivity contribution is 0.476. The molecular formula is C16H11N5O2. The number of H-pyrrole nitrogens is 1. The van der Waals surface area contributed by atoms with Crippen LogP contribution in [-0.4, -0.2) is 30.1 Å². The van der Waals surface area contributed by atoms with E-state index in [0.29, 0.717) is 11.5 Å². The summed E-state index contributed by atoms with van der Waals surface area (Å²) in [6.07, 6.45) is 3.22. The second kappa shape index (κ2) is 5.06. The van der Waals surface area contributed by atoms with Gasteiger partial charge in [0.05, 0.1) is 6.20 Å². The van der Waals surface area contributed by atoms with Crippen molar-refractivity contribution in [1.29, 1.82) is 0 Å². The van der Waals surface area contributed by atoms with E-state index in [1.807, 2.05) is 24.3 Å². The molecule has 0 unspecified atom stereocenters. The summed E-state index contributed by atoms with van der Waals surface area (Å²) in [5.74, 6) is 0.634. The average Bonchev–Trinajstić information content (AvgIpc) is 3.04. The fourth-order valence-corrected chi connectivity index (χ4v) is 2.39. The number of phenols is 1. The zero-order chi connectivity index (χ0) is 15.8. The highest BCUT2D eigenvalue weighted by molar-refractivity contribution is 5.87. The Labute approximate surface area is 129 Å². The average molecular weight is 305 g/mol. The number of rotatable bonds is 2. The van der Waals surface area contributed by atoms with Crippen molar-refractivity contribution in [3.8, 4) is 22.8 Å². The van der Waals surface area contributed by atoms with Gasteiger partial charge < -0.3 is 10.1 Å². The Hall–Kier alpha value is -3.48. The van der Waals surface area contributed by atoms with Crippen molar-refractivity contribution in [2.75, 3.05) is 0 Å². The number of fused-ring (bicyclic) bond motifs is 1. The third-order valence-electron chi connectivity index (χ3n) is 3.50. The first-order chi connectivity index (χ1) is 11.2. The maximum atomic E-state index is 11.3. The molecule has 7 nitrogen and oxygen atoms in total. The minimum Gasteiger partial charge on any atom is -0.508 e. The molecule has 4 rings (SSSR count). The number of nitrogens with zero attached hydrogens (tertiary/aromatic N) is 4. The van der Waals surface area contributed by atoms with Gasteiger partial charge in [0, 0.05) is 11.8 Å². The van der Waals surface area contributed by atoms with Crippen molar-refractivity contribution in [2.24, 2.45) is 0 Å². The maximum absolute atomic E-state index is 11.3. The number of phenolic OH excluding ortho intramolecular Hbond substituents is 1. The minimum atomic E-state index is -0.440. The molecule has 2 aromatic heterocycles. The van der Waals surface area contributed by atoms with Gasteiger partial charge in [-0.1, -0.05) is 23.4 Å². The van der Waals surface area contributed by atoms with Gasteiger partial charge in [-0.3, -0.25) is 0 Å². The third-order valence-corrected chi connectivity index (χ3v) is 3.50. The lowest BCUT2D eigenvalue weighted by Gasteiger charge is -2.01. The van der Waals surface area contributed by atoms with Crippen molar-refractivity contribution < 1.29 is 5.11 Å². The summed E-state index contributed by atoms with van der Waals surface area (Å²) in [5.41, 5.74) is 1.12. The molecule has 4 aromatic rings. The summed E-state index contributed by atoms with van der Waals surface area (Å²) in [5, 5.41) is 19.6. The number of benzene rings is 2. The van der Waals surface area contributed by atoms with Crippen LogP contribution in [0.25, 0.3) is 27.8 Å². The predicted octanol–water partition coefficient (Wildman–Crippen LogP) is 1.88. The van der Waals surface area contributed by atoms with Crippen molar-refractivity contribution in [2.45, 2.75) is 0 Å². The molecule has 0 aliphatic carbocycles. The van der Waals surface area contributed by atoms with Crippen LogP contribution in [0, 0.1) is 0 Å². The van der Waals surface area contributed by atoms with E-state index in [1.165, 1.54) is 10.9 Å². The molecule has 2 aromatic carbocycles. The SMILES string of the molecule is O=c1nc(-n2cc(-c3ccc4cc(O)ccc4c3)nn2)cc[nH]1. The monoisotopic (exact) mass is 305 g/mol. The van der Waals surface area contributed by atoms with Crippen LogP contribution in [0.3, 0.4) is 0 Å². The normalized spacial score (nSPS) is 11.0. The van der Waals surface area contributed by atoms with Crippen LogP contribution >= 0.6 is 0 Å². The van der Waals surface area contributed by atoms with Gasteiger partial charge in [0.2, 0.25) is 0 Å². The van der Waals surface area contributed by atoms with Crippen molar-refractivity contribution in [1.82, 2.24) is 25.0 Å². The van der Waals surface area contributed by atoms with Gasteiger partial charge in [0.15, 0.2) is 5.82 Å². The van der Waals surface area contributed by atoms with Gasteiger partial charge in [-0.15, -0.1) is 5.10 Å². The minimum absolute atomic E-state index is 0.233. The Morgan fingerprint density at radius 3 is 2.74 bits per heavy atom. The van der Waals surface area contributed by atoms with Crippen LogP contribution in [0.2, 0.25) is 0 Å². The molecule has 0 atom stereocenters. The van der Waals surface area contributed by atoms with Gasteiger partial charge in [0.1, 0.15) is 11.4 Å². The second-order valence-corrected chi connectivity index (χ2v) is 5.05. The van der Waals surface area contributed by atoms with Gasteiger partial charge in [-0.25, -0.2) is 9.48 Å². The van der Waals surface area contributed by atoms with Crippen LogP contribution in [-0.2, 0) is 0 Å². The van der Waals surface area contributed by atoms with E-state index >= 15 is 0 Å². The summed E-state index contributed by atoms with van der Waals surface area (Å²) < 4.78 is 1.45. The first kappa shape index (κ1) is 13.2. The van der Waals surface area contributed by atoms with E-state index in [9.17, 15) is 9.90 Å². The Kier molecular flexibility index (Phi) is 2.90. The number of hydrogen-bond donors (Lipinski definition) is 2. The number of aromatic nitrogens is 5. The number of aromatic amines is 1. The lowest BCUT2D eigenvalue weighted by Crippen LogP contribution is -2.12. The highest BCUT2D eigenvalue weighted by Crippen LogP contribution is 2.25. The molecule has 0 aliphatic rings. The number of nitrogens with one attached hydrogen (secondary N) is 1. The summed E-state index contributed by atoms with van der Waals surface area (Å²) in [6.45, 7) is 0. The fourth-order valence-electron chi connectivity index (χ4n) is 2.39. The van der Waals surface area contributed by atoms with Crippen LogP contribution in [0.1, 0.15) is 0 Å². The molecule has 0 bridgehead atoms. The standard InChI is InChI=1S/C16H11N5O2/c22-13-4-3-10-7-12(2-1-11(10)8-13)14-9-21(20-19-14)15-5-6-17-16(23)18-15/h1-9,22H,(H,17,18,23). The molecule has 23 heavy (non-hydrogen) atoms. The summed E-state index contributed by atoms with van der Waals surface area (Å²) >= 11 is 0. The molecule has 0 saturated heterocycles. The van der Waals surface area contributed by atoms with Crippen LogP contribution in [0.5, 0.6) is 5.75 Å². The zero-order valence-electron chi connectivity index (χ0n) is 11.8. The van der Waals surface area contributed by atoms with Crippen molar-refractivity contribution in [3.05, 3.63) is 65.3 Å². The van der Waals surface area contributed by atoms with Crippen LogP contribution < -0.4 is 5.69 Å². The Bertz CT molecular complexity index is 1070. The van der Waals surface area contributed by atoms with Crippen molar-refractivity contribution in [3.63, 3.8) is 0 Å². The van der Waals surface area contributed by atoms with E-state index in [-0.39, 0.29) is 5.75 Å². The van der Waals surface area contributed by atoms with Gasteiger partial charge in [0.25, 0.3) is 0 Å². The Balaban J connectivity index is 1.77. The molecule has 112 valence electrons. The second-order valence-electron chi connectivity index (χ2n) is 5.05. The van der Waals surface area contributed by atoms with E-state index in [1.54, 1.807) is 24.4 Å². The van der Waals surface area contributed by atoms with Gasteiger partial charge in [-0.05, 0) is 35.0 Å². The molecule has 2 heterocycles. The molecule has 0 radical (unpaired) electrons. The molecular weight excluding hydrogens is 294 g/mol.